The first-order valence-electron chi connectivity index (χ1n) is 9.77. The Morgan fingerprint density at radius 1 is 1.09 bits per heavy atom. The van der Waals surface area contributed by atoms with E-state index >= 15 is 0 Å². The van der Waals surface area contributed by atoms with Crippen LogP contribution < -0.4 is 14.4 Å². The average molecular weight is 458 g/mol. The third-order valence-corrected chi connectivity index (χ3v) is 5.97. The molecule has 0 heterocycles. The molecule has 9 nitrogen and oxygen atoms in total. The summed E-state index contributed by atoms with van der Waals surface area (Å²) in [5.74, 6) is 0.103. The van der Waals surface area contributed by atoms with Crippen molar-refractivity contribution in [3.05, 3.63) is 76.3 Å². The molecule has 32 heavy (non-hydrogen) atoms. The maximum atomic E-state index is 12.4. The Morgan fingerprint density at radius 2 is 1.81 bits per heavy atom. The van der Waals surface area contributed by atoms with Crippen LogP contribution in [0.2, 0.25) is 0 Å². The van der Waals surface area contributed by atoms with Crippen molar-refractivity contribution in [2.75, 3.05) is 30.3 Å². The van der Waals surface area contributed by atoms with E-state index in [1.165, 1.54) is 25.1 Å². The number of hydrogen-bond acceptors (Lipinski definition) is 6. The Morgan fingerprint density at radius 3 is 2.50 bits per heavy atom. The minimum Gasteiger partial charge on any atom is -0.492 e. The van der Waals surface area contributed by atoms with E-state index in [4.69, 9.17) is 4.74 Å². The molecule has 0 saturated heterocycles. The largest absolute Gasteiger partial charge is 0.492 e. The summed E-state index contributed by atoms with van der Waals surface area (Å²) in [6.07, 6.45) is 0.946. The summed E-state index contributed by atoms with van der Waals surface area (Å²) >= 11 is 0. The Bertz CT molecular complexity index is 1260. The number of rotatable bonds is 9. The van der Waals surface area contributed by atoms with Gasteiger partial charge in [0, 0.05) is 6.07 Å². The SMILES string of the molecule is Cc1c(N(CC(=O)NCCOc2ccc3ccccc3c2)S(C)(=O)=O)cccc1[N+](=O)[O-]. The second-order valence-electron chi connectivity index (χ2n) is 7.16. The molecule has 168 valence electrons. The number of nitrogens with one attached hydrogen (secondary N) is 1. The molecule has 0 fully saturated rings. The van der Waals surface area contributed by atoms with Gasteiger partial charge in [-0.25, -0.2) is 8.42 Å². The van der Waals surface area contributed by atoms with E-state index in [0.29, 0.717) is 5.75 Å². The van der Waals surface area contributed by atoms with E-state index in [-0.39, 0.29) is 30.1 Å². The highest BCUT2D eigenvalue weighted by Crippen LogP contribution is 2.29. The number of amides is 1. The summed E-state index contributed by atoms with van der Waals surface area (Å²) in [6, 6.07) is 17.6. The van der Waals surface area contributed by atoms with Crippen LogP contribution in [0.25, 0.3) is 10.8 Å². The molecule has 0 saturated carbocycles. The molecule has 0 radical (unpaired) electrons. The second kappa shape index (κ2) is 9.65. The van der Waals surface area contributed by atoms with Gasteiger partial charge in [0.25, 0.3) is 5.69 Å². The second-order valence-corrected chi connectivity index (χ2v) is 9.06. The molecule has 0 bridgehead atoms. The zero-order chi connectivity index (χ0) is 23.3. The topological polar surface area (TPSA) is 119 Å². The van der Waals surface area contributed by atoms with Crippen molar-refractivity contribution in [3.63, 3.8) is 0 Å². The van der Waals surface area contributed by atoms with E-state index in [0.717, 1.165) is 21.3 Å². The van der Waals surface area contributed by atoms with Crippen LogP contribution in [0.3, 0.4) is 0 Å². The van der Waals surface area contributed by atoms with Gasteiger partial charge in [0.15, 0.2) is 0 Å². The van der Waals surface area contributed by atoms with E-state index in [9.17, 15) is 23.3 Å². The van der Waals surface area contributed by atoms with Crippen LogP contribution >= 0.6 is 0 Å². The Kier molecular flexibility index (Phi) is 6.94. The molecule has 3 aromatic rings. The fourth-order valence-electron chi connectivity index (χ4n) is 3.26. The van der Waals surface area contributed by atoms with Gasteiger partial charge in [-0.05, 0) is 35.9 Å². The normalized spacial score (nSPS) is 11.2. The molecule has 1 amide bonds. The number of carbonyl (C=O) groups excluding carboxylic acids is 1. The third-order valence-electron chi connectivity index (χ3n) is 4.84. The summed E-state index contributed by atoms with van der Waals surface area (Å²) in [5.41, 5.74) is 0.0277. The molecule has 1 N–H and O–H groups in total. The Hall–Kier alpha value is -3.66. The van der Waals surface area contributed by atoms with Crippen molar-refractivity contribution < 1.29 is 22.9 Å². The molecule has 0 aromatic heterocycles. The van der Waals surface area contributed by atoms with Gasteiger partial charge in [-0.2, -0.15) is 0 Å². The summed E-state index contributed by atoms with van der Waals surface area (Å²) in [7, 11) is -3.85. The summed E-state index contributed by atoms with van der Waals surface area (Å²) in [6.45, 7) is 1.30. The van der Waals surface area contributed by atoms with Crippen molar-refractivity contribution >= 4 is 38.1 Å². The highest BCUT2D eigenvalue weighted by molar-refractivity contribution is 7.92. The van der Waals surface area contributed by atoms with Gasteiger partial charge in [0.05, 0.1) is 29.0 Å². The maximum absolute atomic E-state index is 12.4. The maximum Gasteiger partial charge on any atom is 0.274 e. The average Bonchev–Trinajstić information content (AvgIpc) is 2.74. The minimum absolute atomic E-state index is 0.0873. The standard InChI is InChI=1S/C22H23N3O6S/c1-16-20(8-5-9-21(16)25(27)28)24(32(2,29)30)15-22(26)23-12-13-31-19-11-10-17-6-3-4-7-18(17)14-19/h3-11,14H,12-13,15H2,1-2H3,(H,23,26). The lowest BCUT2D eigenvalue weighted by molar-refractivity contribution is -0.385. The van der Waals surface area contributed by atoms with Crippen LogP contribution in [0.5, 0.6) is 5.75 Å². The summed E-state index contributed by atoms with van der Waals surface area (Å²) in [5, 5.41) is 15.9. The summed E-state index contributed by atoms with van der Waals surface area (Å²) in [4.78, 5) is 23.0. The fourth-order valence-corrected chi connectivity index (χ4v) is 4.17. The number of benzene rings is 3. The number of ether oxygens (including phenoxy) is 1. The fraction of sp³-hybridized carbons (Fsp3) is 0.227. The van der Waals surface area contributed by atoms with E-state index in [1.807, 2.05) is 42.5 Å². The molecule has 0 aliphatic heterocycles. The van der Waals surface area contributed by atoms with Crippen LogP contribution in [-0.2, 0) is 14.8 Å². The third kappa shape index (κ3) is 5.52. The van der Waals surface area contributed by atoms with Crippen molar-refractivity contribution in [3.8, 4) is 5.75 Å². The van der Waals surface area contributed by atoms with E-state index in [1.54, 1.807) is 0 Å². The number of nitrogens with zero attached hydrogens (tertiary/aromatic N) is 2. The molecule has 10 heteroatoms. The number of sulfonamides is 1. The van der Waals surface area contributed by atoms with Crippen molar-refractivity contribution in [1.29, 1.82) is 0 Å². The lowest BCUT2D eigenvalue weighted by atomic mass is 10.1. The van der Waals surface area contributed by atoms with E-state index in [2.05, 4.69) is 5.32 Å². The summed E-state index contributed by atoms with van der Waals surface area (Å²) < 4.78 is 31.1. The molecular formula is C22H23N3O6S. The Balaban J connectivity index is 1.61. The first-order chi connectivity index (χ1) is 15.2. The smallest absolute Gasteiger partial charge is 0.274 e. The molecule has 0 aliphatic carbocycles. The zero-order valence-electron chi connectivity index (χ0n) is 17.6. The molecule has 0 spiro atoms. The number of carbonyl (C=O) groups is 1. The highest BCUT2D eigenvalue weighted by atomic mass is 32.2. The number of fused-ring (bicyclic) bond motifs is 1. The van der Waals surface area contributed by atoms with Crippen LogP contribution in [0, 0.1) is 17.0 Å². The van der Waals surface area contributed by atoms with Gasteiger partial charge in [-0.3, -0.25) is 19.2 Å². The molecule has 0 atom stereocenters. The lowest BCUT2D eigenvalue weighted by Crippen LogP contribution is -2.41. The van der Waals surface area contributed by atoms with Crippen LogP contribution in [0.1, 0.15) is 5.56 Å². The van der Waals surface area contributed by atoms with Crippen molar-refractivity contribution in [1.82, 2.24) is 5.32 Å². The molecule has 3 aromatic carbocycles. The Labute approximate surface area is 185 Å². The van der Waals surface area contributed by atoms with Gasteiger partial charge in [0.2, 0.25) is 15.9 Å². The number of nitro benzene ring substituents is 1. The minimum atomic E-state index is -3.85. The number of hydrogen-bond donors (Lipinski definition) is 1. The molecular weight excluding hydrogens is 434 g/mol. The monoisotopic (exact) mass is 457 g/mol. The van der Waals surface area contributed by atoms with Gasteiger partial charge in [-0.1, -0.05) is 36.4 Å². The van der Waals surface area contributed by atoms with Crippen molar-refractivity contribution in [2.24, 2.45) is 0 Å². The zero-order valence-corrected chi connectivity index (χ0v) is 18.5. The van der Waals surface area contributed by atoms with Gasteiger partial charge in [-0.15, -0.1) is 0 Å². The van der Waals surface area contributed by atoms with Gasteiger partial charge in [0.1, 0.15) is 18.9 Å². The molecule has 3 rings (SSSR count). The van der Waals surface area contributed by atoms with Crippen LogP contribution in [0.15, 0.2) is 60.7 Å². The molecule has 0 unspecified atom stereocenters. The van der Waals surface area contributed by atoms with Crippen LogP contribution in [-0.4, -0.2) is 45.2 Å². The number of nitro groups is 1. The number of anilines is 1. The predicted octanol–water partition coefficient (Wildman–Crippen LogP) is 3.02. The van der Waals surface area contributed by atoms with Gasteiger partial charge >= 0.3 is 0 Å². The van der Waals surface area contributed by atoms with Crippen molar-refractivity contribution in [2.45, 2.75) is 6.92 Å². The lowest BCUT2D eigenvalue weighted by Gasteiger charge is -2.23. The van der Waals surface area contributed by atoms with Crippen LogP contribution in [0.4, 0.5) is 11.4 Å². The highest BCUT2D eigenvalue weighted by Gasteiger charge is 2.25. The first kappa shape index (κ1) is 23.0. The van der Waals surface area contributed by atoms with E-state index < -0.39 is 27.4 Å². The predicted molar refractivity (Wildman–Crippen MR) is 122 cm³/mol. The molecule has 0 aliphatic rings. The quantitative estimate of drug-likeness (QED) is 0.300. The van der Waals surface area contributed by atoms with Gasteiger partial charge < -0.3 is 10.1 Å². The first-order valence-corrected chi connectivity index (χ1v) is 11.6.